The van der Waals surface area contributed by atoms with Crippen molar-refractivity contribution in [1.82, 2.24) is 0 Å². The molecule has 0 spiro atoms. The summed E-state index contributed by atoms with van der Waals surface area (Å²) in [7, 11) is 1.59. The van der Waals surface area contributed by atoms with Crippen LogP contribution in [0.2, 0.25) is 0 Å². The van der Waals surface area contributed by atoms with Gasteiger partial charge in [-0.15, -0.1) is 10.2 Å². The van der Waals surface area contributed by atoms with Gasteiger partial charge < -0.3 is 20.6 Å². The number of ether oxygens (including phenoxy) is 1. The summed E-state index contributed by atoms with van der Waals surface area (Å²) in [6, 6.07) is 7.51. The van der Waals surface area contributed by atoms with Crippen LogP contribution < -0.4 is 16.2 Å². The zero-order valence-corrected chi connectivity index (χ0v) is 10.2. The second-order valence-electron chi connectivity index (χ2n) is 3.70. The Bertz CT molecular complexity index is 624. The minimum atomic E-state index is -0.0944. The first-order valence-corrected chi connectivity index (χ1v) is 5.32. The molecule has 2 aromatic rings. The van der Waals surface area contributed by atoms with Crippen LogP contribution in [-0.4, -0.2) is 18.8 Å². The Morgan fingerprint density at radius 1 is 1.28 bits per heavy atom. The van der Waals surface area contributed by atoms with E-state index in [0.717, 1.165) is 5.39 Å². The predicted octanol–water partition coefficient (Wildman–Crippen LogP) is 1.44. The first-order valence-electron chi connectivity index (χ1n) is 5.32. The predicted molar refractivity (Wildman–Crippen MR) is 70.8 cm³/mol. The number of rotatable bonds is 3. The maximum atomic E-state index is 5.68. The second kappa shape index (κ2) is 4.79. The molecule has 4 N–H and O–H groups in total. The number of para-hydroxylation sites is 1. The van der Waals surface area contributed by atoms with Gasteiger partial charge in [0.25, 0.3) is 0 Å². The number of fused-ring (bicyclic) bond motifs is 1. The summed E-state index contributed by atoms with van der Waals surface area (Å²) in [6.45, 7) is 1.76. The fourth-order valence-electron chi connectivity index (χ4n) is 1.56. The fourth-order valence-corrected chi connectivity index (χ4v) is 1.56. The Morgan fingerprint density at radius 3 is 2.72 bits per heavy atom. The highest BCUT2D eigenvalue weighted by atomic mass is 16.5. The van der Waals surface area contributed by atoms with E-state index < -0.39 is 0 Å². The summed E-state index contributed by atoms with van der Waals surface area (Å²) >= 11 is 0. The SMILES string of the molecule is COc1cccc2cc(/C(C)=N\N=C(N)N)oc12. The molecule has 6 heteroatoms. The Labute approximate surface area is 104 Å². The topological polar surface area (TPSA) is 99.1 Å². The summed E-state index contributed by atoms with van der Waals surface area (Å²) in [4.78, 5) is 0. The fraction of sp³-hybridized carbons (Fsp3) is 0.167. The maximum absolute atomic E-state index is 5.68. The van der Waals surface area contributed by atoms with Gasteiger partial charge in [0.15, 0.2) is 17.1 Å². The first-order chi connectivity index (χ1) is 8.61. The van der Waals surface area contributed by atoms with Crippen LogP contribution in [0.3, 0.4) is 0 Å². The summed E-state index contributed by atoms with van der Waals surface area (Å²) < 4.78 is 10.9. The van der Waals surface area contributed by atoms with E-state index in [9.17, 15) is 0 Å². The van der Waals surface area contributed by atoms with Crippen LogP contribution in [0.15, 0.2) is 38.9 Å². The summed E-state index contributed by atoms with van der Waals surface area (Å²) in [5, 5.41) is 8.38. The minimum Gasteiger partial charge on any atom is -0.493 e. The first kappa shape index (κ1) is 12.0. The molecule has 0 radical (unpaired) electrons. The van der Waals surface area contributed by atoms with Crippen molar-refractivity contribution in [2.75, 3.05) is 7.11 Å². The zero-order valence-electron chi connectivity index (χ0n) is 10.2. The van der Waals surface area contributed by atoms with Crippen LogP contribution in [0.4, 0.5) is 0 Å². The van der Waals surface area contributed by atoms with Crippen LogP contribution in [-0.2, 0) is 0 Å². The van der Waals surface area contributed by atoms with Gasteiger partial charge in [0.1, 0.15) is 5.71 Å². The number of benzene rings is 1. The highest BCUT2D eigenvalue weighted by molar-refractivity contribution is 6.00. The molecule has 1 heterocycles. The van der Waals surface area contributed by atoms with E-state index in [1.165, 1.54) is 0 Å². The van der Waals surface area contributed by atoms with Crippen LogP contribution in [0, 0.1) is 0 Å². The third-order valence-electron chi connectivity index (χ3n) is 2.40. The van der Waals surface area contributed by atoms with Gasteiger partial charge in [0.2, 0.25) is 5.96 Å². The van der Waals surface area contributed by atoms with Crippen LogP contribution >= 0.6 is 0 Å². The largest absolute Gasteiger partial charge is 0.493 e. The molecule has 0 saturated carbocycles. The highest BCUT2D eigenvalue weighted by Crippen LogP contribution is 2.28. The lowest BCUT2D eigenvalue weighted by Gasteiger charge is -1.98. The number of furan rings is 1. The molecule has 0 aliphatic rings. The Balaban J connectivity index is 2.47. The van der Waals surface area contributed by atoms with Gasteiger partial charge >= 0.3 is 0 Å². The minimum absolute atomic E-state index is 0.0944. The monoisotopic (exact) mass is 246 g/mol. The van der Waals surface area contributed by atoms with Gasteiger partial charge in [-0.1, -0.05) is 12.1 Å². The van der Waals surface area contributed by atoms with Crippen molar-refractivity contribution >= 4 is 22.6 Å². The van der Waals surface area contributed by atoms with E-state index in [0.29, 0.717) is 22.8 Å². The van der Waals surface area contributed by atoms with Crippen molar-refractivity contribution in [3.63, 3.8) is 0 Å². The van der Waals surface area contributed by atoms with Gasteiger partial charge in [-0.3, -0.25) is 0 Å². The number of methoxy groups -OCH3 is 1. The highest BCUT2D eigenvalue weighted by Gasteiger charge is 2.10. The quantitative estimate of drug-likeness (QED) is 0.486. The molecule has 6 nitrogen and oxygen atoms in total. The zero-order chi connectivity index (χ0) is 13.1. The van der Waals surface area contributed by atoms with Crippen molar-refractivity contribution in [3.8, 4) is 5.75 Å². The van der Waals surface area contributed by atoms with Crippen molar-refractivity contribution in [2.45, 2.75) is 6.92 Å². The van der Waals surface area contributed by atoms with Gasteiger partial charge in [-0.2, -0.15) is 0 Å². The van der Waals surface area contributed by atoms with Gasteiger partial charge in [-0.05, 0) is 19.1 Å². The van der Waals surface area contributed by atoms with Crippen molar-refractivity contribution < 1.29 is 9.15 Å². The molecule has 94 valence electrons. The number of hydrogen-bond donors (Lipinski definition) is 2. The van der Waals surface area contributed by atoms with Gasteiger partial charge in [0, 0.05) is 5.39 Å². The van der Waals surface area contributed by atoms with Gasteiger partial charge in [0.05, 0.1) is 7.11 Å². The lowest BCUT2D eigenvalue weighted by atomic mass is 10.2. The molecule has 0 atom stereocenters. The Kier molecular flexibility index (Phi) is 3.18. The van der Waals surface area contributed by atoms with Crippen LogP contribution in [0.25, 0.3) is 11.0 Å². The molecule has 0 aliphatic heterocycles. The van der Waals surface area contributed by atoms with Gasteiger partial charge in [-0.25, -0.2) is 0 Å². The van der Waals surface area contributed by atoms with Crippen LogP contribution in [0.1, 0.15) is 12.7 Å². The molecule has 0 fully saturated rings. The van der Waals surface area contributed by atoms with Crippen LogP contribution in [0.5, 0.6) is 5.75 Å². The number of nitrogens with zero attached hydrogens (tertiary/aromatic N) is 2. The molecule has 0 unspecified atom stereocenters. The third-order valence-corrected chi connectivity index (χ3v) is 2.40. The molecule has 18 heavy (non-hydrogen) atoms. The average Bonchev–Trinajstić information content (AvgIpc) is 2.79. The van der Waals surface area contributed by atoms with E-state index >= 15 is 0 Å². The molecule has 1 aromatic carbocycles. The molecular weight excluding hydrogens is 232 g/mol. The molecule has 0 saturated heterocycles. The lowest BCUT2D eigenvalue weighted by Crippen LogP contribution is -2.22. The molecule has 0 amide bonds. The van der Waals surface area contributed by atoms with Crippen molar-refractivity contribution in [1.29, 1.82) is 0 Å². The Morgan fingerprint density at radius 2 is 2.06 bits per heavy atom. The van der Waals surface area contributed by atoms with E-state index in [1.807, 2.05) is 24.3 Å². The standard InChI is InChI=1S/C12H14N4O2/c1-7(15-16-12(13)14)10-6-8-4-3-5-9(17-2)11(8)18-10/h3-6H,1-2H3,(H4,13,14,16)/b15-7-. The third kappa shape index (κ3) is 2.27. The second-order valence-corrected chi connectivity index (χ2v) is 3.70. The average molecular weight is 246 g/mol. The molecule has 1 aromatic heterocycles. The van der Waals surface area contributed by atoms with E-state index in [-0.39, 0.29) is 5.96 Å². The number of nitrogens with two attached hydrogens (primary N) is 2. The lowest BCUT2D eigenvalue weighted by molar-refractivity contribution is 0.410. The molecule has 0 aliphatic carbocycles. The van der Waals surface area contributed by atoms with Crippen molar-refractivity contribution in [3.05, 3.63) is 30.0 Å². The van der Waals surface area contributed by atoms with E-state index in [2.05, 4.69) is 10.2 Å². The van der Waals surface area contributed by atoms with E-state index in [1.54, 1.807) is 14.0 Å². The number of guanidine groups is 1. The Hall–Kier alpha value is -2.50. The normalized spacial score (nSPS) is 11.6. The summed E-state index contributed by atoms with van der Waals surface area (Å²) in [5.41, 5.74) is 11.7. The maximum Gasteiger partial charge on any atom is 0.211 e. The summed E-state index contributed by atoms with van der Waals surface area (Å²) in [5.74, 6) is 1.18. The molecular formula is C12H14N4O2. The smallest absolute Gasteiger partial charge is 0.211 e. The van der Waals surface area contributed by atoms with Crippen molar-refractivity contribution in [2.24, 2.45) is 21.7 Å². The molecule has 2 rings (SSSR count). The summed E-state index contributed by atoms with van der Waals surface area (Å²) in [6.07, 6.45) is 0. The molecule has 0 bridgehead atoms. The van der Waals surface area contributed by atoms with E-state index in [4.69, 9.17) is 20.6 Å². The number of hydrogen-bond acceptors (Lipinski definition) is 4.